The predicted molar refractivity (Wildman–Crippen MR) is 66.2 cm³/mol. The third-order valence-electron chi connectivity index (χ3n) is 3.73. The molecule has 1 aliphatic heterocycles. The largest absolute Gasteiger partial charge is 0.302 e. The molecule has 0 bridgehead atoms. The number of hydrogen-bond donors (Lipinski definition) is 1. The molecule has 1 saturated heterocycles. The van der Waals surface area contributed by atoms with Crippen molar-refractivity contribution in [2.45, 2.75) is 31.8 Å². The summed E-state index contributed by atoms with van der Waals surface area (Å²) in [4.78, 5) is 4.76. The van der Waals surface area contributed by atoms with Crippen LogP contribution in [0.15, 0.2) is 0 Å². The fourth-order valence-electron chi connectivity index (χ4n) is 2.09. The highest BCUT2D eigenvalue weighted by Crippen LogP contribution is 2.20. The van der Waals surface area contributed by atoms with Gasteiger partial charge in [-0.05, 0) is 34.9 Å². The van der Waals surface area contributed by atoms with Gasteiger partial charge in [-0.25, -0.2) is 0 Å². The average molecular weight is 224 g/mol. The van der Waals surface area contributed by atoms with E-state index in [4.69, 9.17) is 5.26 Å². The van der Waals surface area contributed by atoms with Gasteiger partial charge in [-0.15, -0.1) is 0 Å². The molecule has 0 aromatic carbocycles. The summed E-state index contributed by atoms with van der Waals surface area (Å²) >= 11 is 0. The van der Waals surface area contributed by atoms with Crippen LogP contribution < -0.4 is 5.32 Å². The molecule has 1 aliphatic rings. The first-order chi connectivity index (χ1) is 7.33. The molecule has 16 heavy (non-hydrogen) atoms. The van der Waals surface area contributed by atoms with E-state index in [-0.39, 0.29) is 5.54 Å². The van der Waals surface area contributed by atoms with Crippen molar-refractivity contribution in [2.24, 2.45) is 0 Å². The topological polar surface area (TPSA) is 42.3 Å². The molecule has 0 spiro atoms. The van der Waals surface area contributed by atoms with Crippen LogP contribution in [0.3, 0.4) is 0 Å². The van der Waals surface area contributed by atoms with Crippen molar-refractivity contribution < 1.29 is 0 Å². The highest BCUT2D eigenvalue weighted by molar-refractivity contribution is 5.06. The molecule has 1 atom stereocenters. The number of likely N-dealkylation sites (N-methyl/N-ethyl adjacent to an activating group) is 2. The molecule has 92 valence electrons. The summed E-state index contributed by atoms with van der Waals surface area (Å²) in [7, 11) is 4.02. The summed E-state index contributed by atoms with van der Waals surface area (Å²) in [5.41, 5.74) is -0.242. The molecule has 0 saturated carbocycles. The monoisotopic (exact) mass is 224 g/mol. The lowest BCUT2D eigenvalue weighted by Gasteiger charge is -2.46. The van der Waals surface area contributed by atoms with Crippen LogP contribution in [-0.2, 0) is 0 Å². The van der Waals surface area contributed by atoms with Crippen LogP contribution in [0.5, 0.6) is 0 Å². The number of nitriles is 1. The van der Waals surface area contributed by atoms with Crippen molar-refractivity contribution >= 4 is 0 Å². The zero-order valence-electron chi connectivity index (χ0n) is 11.2. The average Bonchev–Trinajstić information content (AvgIpc) is 2.23. The molecule has 4 heteroatoms. The van der Waals surface area contributed by atoms with Crippen LogP contribution in [0.4, 0.5) is 0 Å². The van der Waals surface area contributed by atoms with Gasteiger partial charge in [0.1, 0.15) is 5.54 Å². The predicted octanol–water partition coefficient (Wildman–Crippen LogP) is 0.514. The highest BCUT2D eigenvalue weighted by Gasteiger charge is 2.34. The molecular weight excluding hydrogens is 200 g/mol. The highest BCUT2D eigenvalue weighted by atomic mass is 15.3. The molecule has 1 rings (SSSR count). The van der Waals surface area contributed by atoms with E-state index in [0.29, 0.717) is 0 Å². The Balaban J connectivity index is 2.61. The van der Waals surface area contributed by atoms with E-state index in [2.05, 4.69) is 42.1 Å². The van der Waals surface area contributed by atoms with Crippen molar-refractivity contribution in [1.82, 2.24) is 15.1 Å². The van der Waals surface area contributed by atoms with Crippen LogP contribution >= 0.6 is 0 Å². The van der Waals surface area contributed by atoms with Gasteiger partial charge in [0.25, 0.3) is 0 Å². The van der Waals surface area contributed by atoms with Gasteiger partial charge in [-0.2, -0.15) is 5.26 Å². The van der Waals surface area contributed by atoms with Crippen LogP contribution in [0.25, 0.3) is 0 Å². The maximum atomic E-state index is 9.15. The minimum absolute atomic E-state index is 0.197. The second kappa shape index (κ2) is 4.70. The Kier molecular flexibility index (Phi) is 3.95. The van der Waals surface area contributed by atoms with E-state index >= 15 is 0 Å². The van der Waals surface area contributed by atoms with Crippen molar-refractivity contribution in [2.75, 3.05) is 40.3 Å². The Morgan fingerprint density at radius 1 is 1.44 bits per heavy atom. The van der Waals surface area contributed by atoms with Gasteiger partial charge >= 0.3 is 0 Å². The van der Waals surface area contributed by atoms with E-state index in [1.165, 1.54) is 0 Å². The van der Waals surface area contributed by atoms with Crippen LogP contribution in [0, 0.1) is 11.3 Å². The van der Waals surface area contributed by atoms with Gasteiger partial charge in [-0.3, -0.25) is 9.80 Å². The second-order valence-electron chi connectivity index (χ2n) is 5.64. The van der Waals surface area contributed by atoms with Gasteiger partial charge in [-0.1, -0.05) is 0 Å². The van der Waals surface area contributed by atoms with Crippen LogP contribution in [-0.4, -0.2) is 61.2 Å². The summed E-state index contributed by atoms with van der Waals surface area (Å²) in [6.07, 6.45) is 0. The Morgan fingerprint density at radius 2 is 2.06 bits per heavy atom. The lowest BCUT2D eigenvalue weighted by molar-refractivity contribution is 0.0320. The normalized spacial score (nSPS) is 26.0. The molecule has 0 aromatic rings. The molecule has 0 aromatic heterocycles. The van der Waals surface area contributed by atoms with E-state index in [0.717, 1.165) is 26.2 Å². The van der Waals surface area contributed by atoms with Gasteiger partial charge in [0.15, 0.2) is 0 Å². The number of hydrogen-bond acceptors (Lipinski definition) is 4. The van der Waals surface area contributed by atoms with Gasteiger partial charge < -0.3 is 5.32 Å². The van der Waals surface area contributed by atoms with Crippen LogP contribution in [0.2, 0.25) is 0 Å². The lowest BCUT2D eigenvalue weighted by Crippen LogP contribution is -2.61. The molecule has 1 fully saturated rings. The molecule has 1 heterocycles. The number of nitrogens with one attached hydrogen (secondary N) is 1. The lowest BCUT2D eigenvalue weighted by atomic mass is 9.97. The smallest absolute Gasteiger partial charge is 0.116 e. The Labute approximate surface area is 99.2 Å². The minimum Gasteiger partial charge on any atom is -0.302 e. The standard InChI is InChI=1S/C12H24N4/c1-11(2)9-16(7-6-15(11)5)10-12(3,8-13)14-4/h14H,6-7,9-10H2,1-5H3. The Hall–Kier alpha value is -0.630. The zero-order valence-corrected chi connectivity index (χ0v) is 11.2. The first kappa shape index (κ1) is 13.4. The van der Waals surface area contributed by atoms with Crippen LogP contribution in [0.1, 0.15) is 20.8 Å². The van der Waals surface area contributed by atoms with E-state index in [1.54, 1.807) is 0 Å². The van der Waals surface area contributed by atoms with E-state index in [1.807, 2.05) is 14.0 Å². The quantitative estimate of drug-likeness (QED) is 0.759. The van der Waals surface area contributed by atoms with Gasteiger partial charge in [0.05, 0.1) is 6.07 Å². The summed E-state index contributed by atoms with van der Waals surface area (Å²) in [5.74, 6) is 0. The summed E-state index contributed by atoms with van der Waals surface area (Å²) in [6.45, 7) is 10.4. The molecule has 1 N–H and O–H groups in total. The molecule has 0 aliphatic carbocycles. The second-order valence-corrected chi connectivity index (χ2v) is 5.64. The SMILES string of the molecule is CNC(C)(C#N)CN1CCN(C)C(C)(C)C1. The molecule has 1 unspecified atom stereocenters. The molecule has 4 nitrogen and oxygen atoms in total. The number of rotatable bonds is 3. The third-order valence-corrected chi connectivity index (χ3v) is 3.73. The Morgan fingerprint density at radius 3 is 2.50 bits per heavy atom. The van der Waals surface area contributed by atoms with Gasteiger partial charge in [0, 0.05) is 31.7 Å². The maximum absolute atomic E-state index is 9.15. The van der Waals surface area contributed by atoms with E-state index < -0.39 is 5.54 Å². The van der Waals surface area contributed by atoms with Crippen molar-refractivity contribution in [1.29, 1.82) is 5.26 Å². The molecule has 0 amide bonds. The summed E-state index contributed by atoms with van der Waals surface area (Å²) in [6, 6.07) is 2.35. The van der Waals surface area contributed by atoms with Crippen molar-refractivity contribution in [3.63, 3.8) is 0 Å². The number of piperazine rings is 1. The summed E-state index contributed by atoms with van der Waals surface area (Å²) < 4.78 is 0. The summed E-state index contributed by atoms with van der Waals surface area (Å²) in [5, 5.41) is 12.2. The third kappa shape index (κ3) is 2.94. The van der Waals surface area contributed by atoms with Gasteiger partial charge in [0.2, 0.25) is 0 Å². The molecular formula is C12H24N4. The Bertz CT molecular complexity index is 281. The number of nitrogens with zero attached hydrogens (tertiary/aromatic N) is 3. The minimum atomic E-state index is -0.439. The first-order valence-corrected chi connectivity index (χ1v) is 5.87. The van der Waals surface area contributed by atoms with Crippen molar-refractivity contribution in [3.8, 4) is 6.07 Å². The zero-order chi connectivity index (χ0) is 12.4. The van der Waals surface area contributed by atoms with Crippen molar-refractivity contribution in [3.05, 3.63) is 0 Å². The molecule has 0 radical (unpaired) electrons. The fraction of sp³-hybridized carbons (Fsp3) is 0.917. The fourth-order valence-corrected chi connectivity index (χ4v) is 2.09. The van der Waals surface area contributed by atoms with E-state index in [9.17, 15) is 0 Å². The first-order valence-electron chi connectivity index (χ1n) is 5.87. The maximum Gasteiger partial charge on any atom is 0.116 e.